The van der Waals surface area contributed by atoms with Crippen LogP contribution in [0.25, 0.3) is 10.9 Å². The van der Waals surface area contributed by atoms with E-state index in [9.17, 15) is 8.78 Å². The second-order valence-corrected chi connectivity index (χ2v) is 11.1. The highest BCUT2D eigenvalue weighted by Crippen LogP contribution is 2.53. The molecule has 192 valence electrons. The number of alkyl halides is 2. The highest BCUT2D eigenvalue weighted by atomic mass is 35.5. The van der Waals surface area contributed by atoms with Crippen molar-refractivity contribution < 1.29 is 13.5 Å². The Labute approximate surface area is 214 Å². The van der Waals surface area contributed by atoms with E-state index in [0.29, 0.717) is 29.4 Å². The second kappa shape index (κ2) is 9.19. The molecule has 6 rings (SSSR count). The van der Waals surface area contributed by atoms with Crippen molar-refractivity contribution in [2.45, 2.75) is 51.0 Å². The molecule has 7 nitrogen and oxygen atoms in total. The van der Waals surface area contributed by atoms with Crippen LogP contribution in [-0.2, 0) is 4.74 Å². The van der Waals surface area contributed by atoms with Gasteiger partial charge < -0.3 is 15.0 Å². The fraction of sp³-hybridized carbons (Fsp3) is 0.577. The molecule has 36 heavy (non-hydrogen) atoms. The number of hydrogen-bond donors (Lipinski definition) is 1. The van der Waals surface area contributed by atoms with Crippen molar-refractivity contribution in [3.8, 4) is 0 Å². The molecule has 0 spiro atoms. The van der Waals surface area contributed by atoms with Crippen LogP contribution in [0.15, 0.2) is 24.5 Å². The summed E-state index contributed by atoms with van der Waals surface area (Å²) in [6, 6.07) is 3.35. The second-order valence-electron chi connectivity index (χ2n) is 10.7. The summed E-state index contributed by atoms with van der Waals surface area (Å²) < 4.78 is 33.7. The normalized spacial score (nSPS) is 26.5. The molecule has 2 aliphatic heterocycles. The van der Waals surface area contributed by atoms with Gasteiger partial charge in [-0.2, -0.15) is 5.10 Å². The van der Waals surface area contributed by atoms with Crippen LogP contribution in [-0.4, -0.2) is 63.4 Å². The van der Waals surface area contributed by atoms with Crippen LogP contribution >= 0.6 is 11.6 Å². The Morgan fingerprint density at radius 1 is 1.19 bits per heavy atom. The van der Waals surface area contributed by atoms with Gasteiger partial charge in [-0.3, -0.25) is 0 Å². The van der Waals surface area contributed by atoms with Crippen LogP contribution in [0.3, 0.4) is 0 Å². The monoisotopic (exact) mass is 516 g/mol. The fourth-order valence-corrected chi connectivity index (χ4v) is 5.90. The molecular formula is C26H31ClF2N6O. The van der Waals surface area contributed by atoms with Gasteiger partial charge in [-0.05, 0) is 73.9 Å². The Hall–Kier alpha value is -2.36. The van der Waals surface area contributed by atoms with Crippen molar-refractivity contribution >= 4 is 34.1 Å². The summed E-state index contributed by atoms with van der Waals surface area (Å²) in [4.78, 5) is 11.7. The third-order valence-corrected chi connectivity index (χ3v) is 8.45. The Morgan fingerprint density at radius 3 is 2.67 bits per heavy atom. The number of likely N-dealkylation sites (tertiary alicyclic amines) is 1. The first-order valence-electron chi connectivity index (χ1n) is 12.7. The number of aromatic nitrogens is 4. The number of hydrogen-bond acceptors (Lipinski definition) is 6. The van der Waals surface area contributed by atoms with E-state index in [-0.39, 0.29) is 11.6 Å². The first-order chi connectivity index (χ1) is 17.3. The molecule has 3 aromatic rings. The van der Waals surface area contributed by atoms with Gasteiger partial charge in [-0.15, -0.1) is 0 Å². The van der Waals surface area contributed by atoms with Gasteiger partial charge in [0, 0.05) is 31.2 Å². The first kappa shape index (κ1) is 24.0. The molecule has 3 unspecified atom stereocenters. The number of nitrogens with zero attached hydrogens (tertiary/aromatic N) is 5. The van der Waals surface area contributed by atoms with E-state index in [1.807, 2.05) is 0 Å². The highest BCUT2D eigenvalue weighted by molar-refractivity contribution is 6.32. The zero-order valence-corrected chi connectivity index (χ0v) is 21.3. The van der Waals surface area contributed by atoms with E-state index in [0.717, 1.165) is 56.6 Å². The van der Waals surface area contributed by atoms with Crippen LogP contribution in [0.4, 0.5) is 20.4 Å². The largest absolute Gasteiger partial charge is 0.381 e. The van der Waals surface area contributed by atoms with Crippen LogP contribution in [0, 0.1) is 18.8 Å². The SMILES string of the molecule is Cc1cc2cnc(Nc3cnn(C4CC4(F)F)c3Cl)nc2cc1C1CCN(CC2COCC2C)CC1. The number of rotatable bonds is 6. The molecule has 1 saturated carbocycles. The Kier molecular flexibility index (Phi) is 6.13. The summed E-state index contributed by atoms with van der Waals surface area (Å²) in [5, 5.41) is 8.19. The average Bonchev–Trinajstić information content (AvgIpc) is 3.11. The number of piperidine rings is 1. The van der Waals surface area contributed by atoms with Gasteiger partial charge in [0.25, 0.3) is 5.92 Å². The summed E-state index contributed by atoms with van der Waals surface area (Å²) >= 11 is 6.31. The molecule has 4 heterocycles. The molecule has 3 atom stereocenters. The van der Waals surface area contributed by atoms with Gasteiger partial charge in [0.05, 0.1) is 24.0 Å². The molecule has 0 amide bonds. The number of aryl methyl sites for hydroxylation is 1. The number of nitrogens with one attached hydrogen (secondary N) is 1. The number of anilines is 2. The van der Waals surface area contributed by atoms with Gasteiger partial charge in [0.1, 0.15) is 6.04 Å². The summed E-state index contributed by atoms with van der Waals surface area (Å²) in [5.41, 5.74) is 3.87. The van der Waals surface area contributed by atoms with Gasteiger partial charge >= 0.3 is 0 Å². The molecule has 3 aliphatic rings. The van der Waals surface area contributed by atoms with Gasteiger partial charge in [0.15, 0.2) is 5.15 Å². The quantitative estimate of drug-likeness (QED) is 0.461. The van der Waals surface area contributed by atoms with E-state index in [1.54, 1.807) is 6.20 Å². The molecule has 1 aliphatic carbocycles. The van der Waals surface area contributed by atoms with Crippen LogP contribution < -0.4 is 5.32 Å². The minimum atomic E-state index is -2.75. The predicted octanol–water partition coefficient (Wildman–Crippen LogP) is 5.57. The lowest BCUT2D eigenvalue weighted by molar-refractivity contribution is 0.0984. The van der Waals surface area contributed by atoms with Gasteiger partial charge in [-0.1, -0.05) is 18.5 Å². The van der Waals surface area contributed by atoms with E-state index >= 15 is 0 Å². The molecule has 0 radical (unpaired) electrons. The standard InChI is InChI=1S/C26H31ClF2N6O/c1-15-7-18-10-30-25(33-22-11-31-35(24(22)27)23-9-26(23,28)29)32-21(18)8-20(15)17-3-5-34(6-4-17)12-19-14-36-13-16(19)2/h7-8,10-11,16-17,19,23H,3-6,9,12-14H2,1-2H3,(H,30,32,33). The third-order valence-electron chi connectivity index (χ3n) is 8.07. The van der Waals surface area contributed by atoms with E-state index in [4.69, 9.17) is 21.3 Å². The number of fused-ring (bicyclic) bond motifs is 1. The maximum Gasteiger partial charge on any atom is 0.272 e. The molecular weight excluding hydrogens is 486 g/mol. The number of halogens is 3. The smallest absolute Gasteiger partial charge is 0.272 e. The lowest BCUT2D eigenvalue weighted by atomic mass is 9.85. The molecule has 2 aromatic heterocycles. The third kappa shape index (κ3) is 4.57. The Bertz CT molecular complexity index is 1270. The summed E-state index contributed by atoms with van der Waals surface area (Å²) in [6.45, 7) is 9.56. The minimum absolute atomic E-state index is 0.135. The highest BCUT2D eigenvalue weighted by Gasteiger charge is 2.59. The van der Waals surface area contributed by atoms with Crippen molar-refractivity contribution in [3.63, 3.8) is 0 Å². The molecule has 1 aromatic carbocycles. The summed E-state index contributed by atoms with van der Waals surface area (Å²) in [7, 11) is 0. The predicted molar refractivity (Wildman–Crippen MR) is 135 cm³/mol. The van der Waals surface area contributed by atoms with Crippen molar-refractivity contribution in [3.05, 3.63) is 40.8 Å². The summed E-state index contributed by atoms with van der Waals surface area (Å²) in [6.07, 6.45) is 5.24. The maximum atomic E-state index is 13.5. The van der Waals surface area contributed by atoms with Crippen molar-refractivity contribution in [1.29, 1.82) is 0 Å². The van der Waals surface area contributed by atoms with Crippen LogP contribution in [0.1, 0.15) is 49.3 Å². The van der Waals surface area contributed by atoms with E-state index in [1.165, 1.54) is 22.0 Å². The fourth-order valence-electron chi connectivity index (χ4n) is 5.64. The lowest BCUT2D eigenvalue weighted by Gasteiger charge is -2.34. The lowest BCUT2D eigenvalue weighted by Crippen LogP contribution is -2.38. The maximum absolute atomic E-state index is 13.5. The van der Waals surface area contributed by atoms with Gasteiger partial charge in [0.2, 0.25) is 5.95 Å². The molecule has 10 heteroatoms. The molecule has 3 fully saturated rings. The molecule has 2 saturated heterocycles. The minimum Gasteiger partial charge on any atom is -0.381 e. The Balaban J connectivity index is 1.16. The van der Waals surface area contributed by atoms with Crippen molar-refractivity contribution in [2.75, 3.05) is 38.2 Å². The number of benzene rings is 1. The molecule has 1 N–H and O–H groups in total. The topological polar surface area (TPSA) is 68.1 Å². The van der Waals surface area contributed by atoms with E-state index < -0.39 is 12.0 Å². The summed E-state index contributed by atoms with van der Waals surface area (Å²) in [5.74, 6) is -0.592. The van der Waals surface area contributed by atoms with E-state index in [2.05, 4.69) is 46.3 Å². The van der Waals surface area contributed by atoms with Crippen LogP contribution in [0.5, 0.6) is 0 Å². The first-order valence-corrected chi connectivity index (χ1v) is 13.1. The van der Waals surface area contributed by atoms with Gasteiger partial charge in [-0.25, -0.2) is 23.4 Å². The zero-order valence-electron chi connectivity index (χ0n) is 20.6. The zero-order chi connectivity index (χ0) is 25.0. The number of ether oxygens (including phenoxy) is 1. The van der Waals surface area contributed by atoms with Crippen LogP contribution in [0.2, 0.25) is 5.15 Å². The Morgan fingerprint density at radius 2 is 1.97 bits per heavy atom. The average molecular weight is 517 g/mol. The van der Waals surface area contributed by atoms with Crippen molar-refractivity contribution in [1.82, 2.24) is 24.6 Å². The van der Waals surface area contributed by atoms with Crippen molar-refractivity contribution in [2.24, 2.45) is 11.8 Å². The molecule has 0 bridgehead atoms.